The summed E-state index contributed by atoms with van der Waals surface area (Å²) in [6.45, 7) is 0. The monoisotopic (exact) mass is 133 g/mol. The molecule has 0 rings (SSSR count). The van der Waals surface area contributed by atoms with Crippen molar-refractivity contribution in [3.63, 3.8) is 0 Å². The average molecular weight is 133 g/mol. The molecule has 0 aromatic rings. The van der Waals surface area contributed by atoms with Gasteiger partial charge in [-0.25, -0.2) is 12.7 Å². The van der Waals surface area contributed by atoms with E-state index >= 15 is 0 Å². The van der Waals surface area contributed by atoms with E-state index in [0.29, 0.717) is 0 Å². The SMILES string of the molecule is CN(C)[SH](=O)=O.[NaH]. The molecule has 3 nitrogen and oxygen atoms in total. The zero-order valence-corrected chi connectivity index (χ0v) is 4.61. The van der Waals surface area contributed by atoms with Crippen LogP contribution in [0.3, 0.4) is 0 Å². The van der Waals surface area contributed by atoms with Crippen LogP contribution in [0.5, 0.6) is 0 Å². The van der Waals surface area contributed by atoms with E-state index in [1.165, 1.54) is 14.1 Å². The summed E-state index contributed by atoms with van der Waals surface area (Å²) in [7, 11) is 0.630. The first-order chi connectivity index (χ1) is 2.64. The van der Waals surface area contributed by atoms with E-state index in [0.717, 1.165) is 4.31 Å². The molecule has 40 valence electrons. The summed E-state index contributed by atoms with van der Waals surface area (Å²) < 4.78 is 20.4. The van der Waals surface area contributed by atoms with E-state index in [1.807, 2.05) is 0 Å². The zero-order valence-electron chi connectivity index (χ0n) is 3.71. The topological polar surface area (TPSA) is 37.4 Å². The minimum atomic E-state index is -2.33. The van der Waals surface area contributed by atoms with E-state index in [-0.39, 0.29) is 29.6 Å². The predicted molar refractivity (Wildman–Crippen MR) is 31.2 cm³/mol. The van der Waals surface area contributed by atoms with Gasteiger partial charge in [0, 0.05) is 14.1 Å². The number of hydrogen-bond donors (Lipinski definition) is 1. The third-order valence-electron chi connectivity index (χ3n) is 0.327. The molecule has 0 unspecified atom stereocenters. The summed E-state index contributed by atoms with van der Waals surface area (Å²) in [4.78, 5) is 0. The number of hydrogen-bond acceptors (Lipinski definition) is 2. The molecule has 7 heavy (non-hydrogen) atoms. The Balaban J connectivity index is 0. The van der Waals surface area contributed by atoms with Gasteiger partial charge >= 0.3 is 29.6 Å². The first kappa shape index (κ1) is 10.8. The van der Waals surface area contributed by atoms with Crippen LogP contribution in [-0.4, -0.2) is 56.4 Å². The van der Waals surface area contributed by atoms with Gasteiger partial charge in [-0.2, -0.15) is 0 Å². The summed E-state index contributed by atoms with van der Waals surface area (Å²) in [5.41, 5.74) is 0. The molecule has 0 saturated carbocycles. The molecule has 0 radical (unpaired) electrons. The van der Waals surface area contributed by atoms with Crippen LogP contribution in [0.15, 0.2) is 0 Å². The van der Waals surface area contributed by atoms with Gasteiger partial charge in [0.05, 0.1) is 0 Å². The molecule has 0 aromatic heterocycles. The van der Waals surface area contributed by atoms with Crippen LogP contribution in [0.1, 0.15) is 0 Å². The van der Waals surface area contributed by atoms with Crippen LogP contribution < -0.4 is 0 Å². The van der Waals surface area contributed by atoms with Crippen LogP contribution in [0.4, 0.5) is 0 Å². The molecular weight excluding hydrogens is 125 g/mol. The molecule has 0 aliphatic carbocycles. The van der Waals surface area contributed by atoms with Crippen molar-refractivity contribution in [2.45, 2.75) is 0 Å². The summed E-state index contributed by atoms with van der Waals surface area (Å²) >= 11 is 0. The van der Waals surface area contributed by atoms with Gasteiger partial charge in [0.1, 0.15) is 0 Å². The Hall–Kier alpha value is 0.910. The van der Waals surface area contributed by atoms with Gasteiger partial charge in [-0.05, 0) is 0 Å². The van der Waals surface area contributed by atoms with Crippen molar-refractivity contribution in [1.82, 2.24) is 4.31 Å². The van der Waals surface area contributed by atoms with E-state index in [4.69, 9.17) is 0 Å². The number of rotatable bonds is 1. The van der Waals surface area contributed by atoms with E-state index in [9.17, 15) is 8.42 Å². The van der Waals surface area contributed by atoms with Crippen molar-refractivity contribution >= 4 is 40.4 Å². The van der Waals surface area contributed by atoms with Crippen LogP contribution in [-0.2, 0) is 10.9 Å². The second-order valence-corrected chi connectivity index (χ2v) is 2.36. The maximum atomic E-state index is 9.66. The van der Waals surface area contributed by atoms with E-state index in [1.54, 1.807) is 0 Å². The minimum absolute atomic E-state index is 0. The van der Waals surface area contributed by atoms with Crippen LogP contribution in [0.25, 0.3) is 0 Å². The molecule has 0 amide bonds. The predicted octanol–water partition coefficient (Wildman–Crippen LogP) is -1.57. The maximum absolute atomic E-state index is 9.66. The molecule has 0 spiro atoms. The van der Waals surface area contributed by atoms with Gasteiger partial charge in [0.25, 0.3) is 0 Å². The molecule has 0 fully saturated rings. The fourth-order valence-corrected chi connectivity index (χ4v) is 0. The second kappa shape index (κ2) is 5.05. The zero-order chi connectivity index (χ0) is 5.15. The van der Waals surface area contributed by atoms with Crippen molar-refractivity contribution in [2.24, 2.45) is 0 Å². The molecule has 5 heteroatoms. The molecule has 0 aromatic carbocycles. The summed E-state index contributed by atoms with van der Waals surface area (Å²) in [5, 5.41) is 0. The van der Waals surface area contributed by atoms with Crippen LogP contribution in [0.2, 0.25) is 0 Å². The molecule has 0 bridgehead atoms. The average Bonchev–Trinajstić information content (AvgIpc) is 1.36. The molecule has 0 heterocycles. The molecule has 0 N–H and O–H groups in total. The first-order valence-electron chi connectivity index (χ1n) is 1.46. The Kier molecular flexibility index (Phi) is 7.81. The standard InChI is InChI=1S/C2H7NO2S.Na.H/c1-3(2)6(4)5;;/h6H,1-2H3;;. The van der Waals surface area contributed by atoms with Crippen molar-refractivity contribution < 1.29 is 8.42 Å². The quantitative estimate of drug-likeness (QED) is 0.346. The fourth-order valence-electron chi connectivity index (χ4n) is 0. The Bertz CT molecular complexity index is 91.9. The van der Waals surface area contributed by atoms with Gasteiger partial charge in [-0.3, -0.25) is 0 Å². The van der Waals surface area contributed by atoms with Crippen molar-refractivity contribution in [3.8, 4) is 0 Å². The third-order valence-corrected chi connectivity index (χ3v) is 0.980. The Labute approximate surface area is 67.1 Å². The van der Waals surface area contributed by atoms with Crippen molar-refractivity contribution in [2.75, 3.05) is 14.1 Å². The normalized spacial score (nSPS) is 9.14. The second-order valence-electron chi connectivity index (χ2n) is 1.09. The molecular formula is C2H8NNaO2S. The van der Waals surface area contributed by atoms with Crippen molar-refractivity contribution in [3.05, 3.63) is 0 Å². The van der Waals surface area contributed by atoms with Gasteiger partial charge in [-0.15, -0.1) is 0 Å². The Morgan fingerprint density at radius 3 is 1.43 bits per heavy atom. The summed E-state index contributed by atoms with van der Waals surface area (Å²) in [5.74, 6) is 0. The van der Waals surface area contributed by atoms with Gasteiger partial charge in [0.15, 0.2) is 0 Å². The van der Waals surface area contributed by atoms with Crippen LogP contribution in [0, 0.1) is 0 Å². The van der Waals surface area contributed by atoms with Crippen molar-refractivity contribution in [1.29, 1.82) is 0 Å². The summed E-state index contributed by atoms with van der Waals surface area (Å²) in [6, 6.07) is 0. The molecule has 0 aliphatic rings. The van der Waals surface area contributed by atoms with Gasteiger partial charge in [0.2, 0.25) is 10.9 Å². The Morgan fingerprint density at radius 1 is 1.29 bits per heavy atom. The van der Waals surface area contributed by atoms with Gasteiger partial charge in [-0.1, -0.05) is 0 Å². The number of thiol groups is 1. The summed E-state index contributed by atoms with van der Waals surface area (Å²) in [6.07, 6.45) is 0. The van der Waals surface area contributed by atoms with E-state index in [2.05, 4.69) is 0 Å². The fraction of sp³-hybridized carbons (Fsp3) is 1.00. The molecule has 0 saturated heterocycles. The third kappa shape index (κ3) is 6.91. The molecule has 0 aliphatic heterocycles. The first-order valence-corrected chi connectivity index (χ1v) is 2.59. The van der Waals surface area contributed by atoms with Gasteiger partial charge < -0.3 is 0 Å². The van der Waals surface area contributed by atoms with E-state index < -0.39 is 10.9 Å². The Morgan fingerprint density at radius 2 is 1.43 bits per heavy atom. The van der Waals surface area contributed by atoms with Crippen LogP contribution >= 0.6 is 0 Å². The molecule has 0 atom stereocenters. The number of nitrogens with zero attached hydrogens (tertiary/aromatic N) is 1.